The number of unbranched alkanes of at least 4 members (excludes halogenated alkanes) is 18. The molecule has 0 bridgehead atoms. The summed E-state index contributed by atoms with van der Waals surface area (Å²) in [5, 5.41) is 6.77. The predicted molar refractivity (Wildman–Crippen MR) is 270 cm³/mol. The minimum Gasteiger partial charge on any atom is -0.172 e. The summed E-state index contributed by atoms with van der Waals surface area (Å²) in [6.07, 6.45) is 29.8. The lowest BCUT2D eigenvalue weighted by molar-refractivity contribution is 0.556. The molecule has 4 nitrogen and oxygen atoms in total. The first-order valence-electron chi connectivity index (χ1n) is 22.9. The van der Waals surface area contributed by atoms with E-state index in [1.807, 2.05) is 45.3 Å². The molecule has 0 unspecified atom stereocenters. The lowest BCUT2D eigenvalue weighted by Gasteiger charge is -2.08. The van der Waals surface area contributed by atoms with Gasteiger partial charge < -0.3 is 0 Å². The zero-order chi connectivity index (χ0) is 40.9. The molecule has 0 N–H and O–H groups in total. The monoisotopic (exact) mass is 908 g/mol. The quantitative estimate of drug-likeness (QED) is 0.0508. The Morgan fingerprint density at radius 1 is 0.383 bits per heavy atom. The highest BCUT2D eigenvalue weighted by atomic mass is 32.1. The number of hydrogen-bond donors (Lipinski definition) is 0. The molecule has 0 aliphatic carbocycles. The Kier molecular flexibility index (Phi) is 16.4. The van der Waals surface area contributed by atoms with Crippen molar-refractivity contribution in [1.29, 1.82) is 0 Å². The molecule has 60 heavy (non-hydrogen) atoms. The minimum atomic E-state index is 0.963. The van der Waals surface area contributed by atoms with Crippen LogP contribution in [0.2, 0.25) is 0 Å². The van der Waals surface area contributed by atoms with E-state index in [0.717, 1.165) is 56.8 Å². The molecule has 6 aromatic heterocycles. The summed E-state index contributed by atoms with van der Waals surface area (Å²) in [6.45, 7) is 4.59. The topological polar surface area (TPSA) is 51.6 Å². The molecule has 0 fully saturated rings. The first kappa shape index (κ1) is 43.8. The molecule has 0 atom stereocenters. The SMILES string of the molecule is CCCCCCCCCCCCc1ccsc1-c1ccc(-c2cc3c(cc(-c4ccc(-c5sccc5CCCCCCCCCCCC)s4)c4nsnc43)c3nsnc23)s1. The summed E-state index contributed by atoms with van der Waals surface area (Å²) in [7, 11) is 0. The van der Waals surface area contributed by atoms with Gasteiger partial charge in [-0.05, 0) is 96.1 Å². The number of aromatic nitrogens is 4. The summed E-state index contributed by atoms with van der Waals surface area (Å²) in [6, 6.07) is 18.5. The predicted octanol–water partition coefficient (Wildman–Crippen LogP) is 18.7. The van der Waals surface area contributed by atoms with Crippen molar-refractivity contribution in [2.75, 3.05) is 0 Å². The van der Waals surface area contributed by atoms with Gasteiger partial charge in [-0.3, -0.25) is 0 Å². The summed E-state index contributed by atoms with van der Waals surface area (Å²) in [5.74, 6) is 0. The third-order valence-electron chi connectivity index (χ3n) is 12.1. The summed E-state index contributed by atoms with van der Waals surface area (Å²) >= 11 is 10.1. The summed E-state index contributed by atoms with van der Waals surface area (Å²) < 4.78 is 19.7. The molecule has 6 heterocycles. The average molecular weight is 909 g/mol. The molecule has 0 amide bonds. The Morgan fingerprint density at radius 3 is 1.13 bits per heavy atom. The van der Waals surface area contributed by atoms with Crippen LogP contribution in [0, 0.1) is 0 Å². The first-order valence-corrected chi connectivity index (χ1v) is 27.8. The van der Waals surface area contributed by atoms with Gasteiger partial charge >= 0.3 is 0 Å². The van der Waals surface area contributed by atoms with E-state index in [4.69, 9.17) is 17.5 Å². The average Bonchev–Trinajstić information content (AvgIpc) is 4.12. The number of thiophene rings is 4. The van der Waals surface area contributed by atoms with Crippen molar-refractivity contribution >= 4 is 102 Å². The van der Waals surface area contributed by atoms with Crippen LogP contribution in [0.25, 0.3) is 73.2 Å². The molecule has 2 aromatic carbocycles. The molecule has 0 spiro atoms. The molecule has 0 saturated carbocycles. The normalized spacial score (nSPS) is 12.0. The standard InChI is InChI=1S/C50H60N4S6/c1-3-5-7-9-11-13-15-17-19-21-23-35-29-31-55-49(35)43-27-25-41(57-43)39-33-37-38(45-47(39)53-59-51-45)34-40(48-46(37)52-60-54-48)42-26-28-44(58-42)50-36(30-32-56-50)24-22-20-18-16-14-12-10-8-6-4-2/h25-34H,3-24H2,1-2H3. The van der Waals surface area contributed by atoms with Crippen LogP contribution in [0.5, 0.6) is 0 Å². The van der Waals surface area contributed by atoms with Crippen molar-refractivity contribution in [3.8, 4) is 40.4 Å². The van der Waals surface area contributed by atoms with E-state index in [2.05, 4.69) is 73.1 Å². The van der Waals surface area contributed by atoms with Gasteiger partial charge in [-0.1, -0.05) is 129 Å². The number of nitrogens with zero attached hydrogens (tertiary/aromatic N) is 4. The van der Waals surface area contributed by atoms with Gasteiger partial charge in [0.05, 0.1) is 23.5 Å². The van der Waals surface area contributed by atoms with Gasteiger partial charge in [0.2, 0.25) is 0 Å². The van der Waals surface area contributed by atoms with Crippen LogP contribution in [-0.2, 0) is 12.8 Å². The number of fused-ring (bicyclic) bond motifs is 5. The Hall–Kier alpha value is -2.86. The third kappa shape index (κ3) is 10.7. The Morgan fingerprint density at radius 2 is 0.733 bits per heavy atom. The fraction of sp³-hybridized carbons (Fsp3) is 0.480. The molecule has 10 heteroatoms. The minimum absolute atomic E-state index is 0.963. The highest BCUT2D eigenvalue weighted by molar-refractivity contribution is 7.24. The van der Waals surface area contributed by atoms with Gasteiger partial charge in [-0.15, -0.1) is 45.3 Å². The van der Waals surface area contributed by atoms with Crippen molar-refractivity contribution in [3.05, 3.63) is 70.4 Å². The van der Waals surface area contributed by atoms with Crippen LogP contribution >= 0.6 is 68.8 Å². The van der Waals surface area contributed by atoms with E-state index in [1.165, 1.54) is 192 Å². The van der Waals surface area contributed by atoms with E-state index >= 15 is 0 Å². The molecule has 316 valence electrons. The van der Waals surface area contributed by atoms with E-state index in [-0.39, 0.29) is 0 Å². The van der Waals surface area contributed by atoms with Crippen LogP contribution < -0.4 is 0 Å². The molecular weight excluding hydrogens is 849 g/mol. The van der Waals surface area contributed by atoms with Crippen molar-refractivity contribution in [1.82, 2.24) is 17.5 Å². The van der Waals surface area contributed by atoms with Crippen LogP contribution in [0.1, 0.15) is 153 Å². The van der Waals surface area contributed by atoms with Crippen molar-refractivity contribution < 1.29 is 0 Å². The maximum Gasteiger partial charge on any atom is 0.114 e. The number of aryl methyl sites for hydroxylation is 2. The smallest absolute Gasteiger partial charge is 0.114 e. The third-order valence-corrected chi connectivity index (χ3v) is 17.7. The lowest BCUT2D eigenvalue weighted by atomic mass is 9.98. The van der Waals surface area contributed by atoms with Gasteiger partial charge in [-0.25, -0.2) is 0 Å². The van der Waals surface area contributed by atoms with Gasteiger partial charge in [-0.2, -0.15) is 17.5 Å². The highest BCUT2D eigenvalue weighted by Gasteiger charge is 2.22. The van der Waals surface area contributed by atoms with Crippen molar-refractivity contribution in [2.45, 2.75) is 155 Å². The fourth-order valence-electron chi connectivity index (χ4n) is 8.75. The van der Waals surface area contributed by atoms with Gasteiger partial charge in [0, 0.05) is 51.2 Å². The van der Waals surface area contributed by atoms with Crippen LogP contribution in [0.4, 0.5) is 0 Å². The second kappa shape index (κ2) is 22.5. The molecule has 0 aliphatic heterocycles. The molecule has 0 saturated heterocycles. The molecule has 0 radical (unpaired) electrons. The molecule has 0 aliphatic rings. The van der Waals surface area contributed by atoms with Crippen molar-refractivity contribution in [2.24, 2.45) is 0 Å². The fourth-order valence-corrected chi connectivity index (χ4v) is 14.2. The second-order valence-corrected chi connectivity index (χ2v) is 21.7. The first-order chi connectivity index (χ1) is 29.7. The van der Waals surface area contributed by atoms with Crippen molar-refractivity contribution in [3.63, 3.8) is 0 Å². The van der Waals surface area contributed by atoms with E-state index in [0.29, 0.717) is 0 Å². The largest absolute Gasteiger partial charge is 0.172 e. The summed E-state index contributed by atoms with van der Waals surface area (Å²) in [4.78, 5) is 8.01. The zero-order valence-electron chi connectivity index (χ0n) is 35.6. The van der Waals surface area contributed by atoms with E-state index < -0.39 is 0 Å². The summed E-state index contributed by atoms with van der Waals surface area (Å²) in [5.41, 5.74) is 9.16. The lowest BCUT2D eigenvalue weighted by Crippen LogP contribution is -1.87. The van der Waals surface area contributed by atoms with E-state index in [1.54, 1.807) is 0 Å². The molecule has 8 rings (SSSR count). The van der Waals surface area contributed by atoms with Gasteiger partial charge in [0.1, 0.15) is 22.1 Å². The van der Waals surface area contributed by atoms with Crippen LogP contribution in [0.15, 0.2) is 59.3 Å². The van der Waals surface area contributed by atoms with E-state index in [9.17, 15) is 0 Å². The molecule has 8 aromatic rings. The maximum absolute atomic E-state index is 4.93. The Bertz CT molecular complexity index is 2350. The molecular formula is C50H60N4S6. The Balaban J connectivity index is 0.951. The zero-order valence-corrected chi connectivity index (χ0v) is 40.5. The van der Waals surface area contributed by atoms with Gasteiger partial charge in [0.15, 0.2) is 0 Å². The number of hydrogen-bond acceptors (Lipinski definition) is 10. The van der Waals surface area contributed by atoms with Crippen LogP contribution in [-0.4, -0.2) is 17.5 Å². The highest BCUT2D eigenvalue weighted by Crippen LogP contribution is 2.46. The maximum atomic E-state index is 4.93. The van der Waals surface area contributed by atoms with Crippen LogP contribution in [0.3, 0.4) is 0 Å². The number of benzene rings is 2. The second-order valence-electron chi connectivity index (χ2n) is 16.6. The Labute approximate surface area is 382 Å². The van der Waals surface area contributed by atoms with Gasteiger partial charge in [0.25, 0.3) is 0 Å². The number of rotatable bonds is 26.